The smallest absolute Gasteiger partial charge is 0.197 e. The lowest BCUT2D eigenvalue weighted by Gasteiger charge is -2.35. The van der Waals surface area contributed by atoms with Crippen molar-refractivity contribution in [3.63, 3.8) is 0 Å². The Morgan fingerprint density at radius 2 is 1.79 bits per heavy atom. The summed E-state index contributed by atoms with van der Waals surface area (Å²) in [7, 11) is 1.67. The van der Waals surface area contributed by atoms with Crippen LogP contribution in [0, 0.1) is 0 Å². The van der Waals surface area contributed by atoms with Gasteiger partial charge in [-0.1, -0.05) is 42.5 Å². The fourth-order valence-electron chi connectivity index (χ4n) is 4.50. The van der Waals surface area contributed by atoms with Gasteiger partial charge in [-0.2, -0.15) is 0 Å². The van der Waals surface area contributed by atoms with Crippen LogP contribution in [0.4, 0.5) is 0 Å². The molecule has 0 amide bonds. The van der Waals surface area contributed by atoms with E-state index in [4.69, 9.17) is 4.74 Å². The van der Waals surface area contributed by atoms with Gasteiger partial charge in [-0.3, -0.25) is 4.79 Å². The Morgan fingerprint density at radius 3 is 2.50 bits per heavy atom. The number of fused-ring (bicyclic) bond motifs is 2. The molecule has 2 aliphatic heterocycles. The second-order valence-corrected chi connectivity index (χ2v) is 7.03. The minimum atomic E-state index is 0.0629. The molecule has 2 saturated heterocycles. The highest BCUT2D eigenvalue weighted by molar-refractivity contribution is 5.90. The van der Waals surface area contributed by atoms with Gasteiger partial charge in [0.25, 0.3) is 0 Å². The van der Waals surface area contributed by atoms with Crippen molar-refractivity contribution in [3.05, 3.63) is 65.7 Å². The van der Waals surface area contributed by atoms with Crippen molar-refractivity contribution in [2.24, 2.45) is 0 Å². The minimum absolute atomic E-state index is 0.0629. The maximum absolute atomic E-state index is 13.1. The van der Waals surface area contributed by atoms with Crippen molar-refractivity contribution in [2.75, 3.05) is 7.11 Å². The molecule has 4 rings (SSSR count). The van der Waals surface area contributed by atoms with E-state index < -0.39 is 0 Å². The van der Waals surface area contributed by atoms with E-state index in [9.17, 15) is 4.79 Å². The summed E-state index contributed by atoms with van der Waals surface area (Å²) in [5.41, 5.74) is 2.48. The van der Waals surface area contributed by atoms with E-state index in [1.54, 1.807) is 7.11 Å². The summed E-state index contributed by atoms with van der Waals surface area (Å²) in [6, 6.07) is 19.4. The van der Waals surface area contributed by atoms with Gasteiger partial charge in [0.2, 0.25) is 0 Å². The predicted octanol–water partition coefficient (Wildman–Crippen LogP) is 2.37. The quantitative estimate of drug-likeness (QED) is 0.937. The maximum Gasteiger partial charge on any atom is 0.197 e. The van der Waals surface area contributed by atoms with E-state index in [0.717, 1.165) is 30.7 Å². The molecule has 0 spiro atoms. The number of hydrogen-bond acceptors (Lipinski definition) is 2. The molecule has 0 saturated carbocycles. The number of ether oxygens (including phenoxy) is 1. The van der Waals surface area contributed by atoms with Crippen LogP contribution in [-0.2, 0) is 11.3 Å². The number of piperidine rings is 1. The molecule has 2 aromatic rings. The van der Waals surface area contributed by atoms with Gasteiger partial charge < -0.3 is 9.64 Å². The lowest BCUT2D eigenvalue weighted by molar-refractivity contribution is -0.943. The van der Waals surface area contributed by atoms with Crippen LogP contribution in [0.5, 0.6) is 5.75 Å². The normalized spacial score (nSPS) is 28.8. The van der Waals surface area contributed by atoms with Crippen molar-refractivity contribution in [1.82, 2.24) is 0 Å². The number of ketones is 1. The van der Waals surface area contributed by atoms with Gasteiger partial charge >= 0.3 is 0 Å². The van der Waals surface area contributed by atoms with Crippen LogP contribution < -0.4 is 9.64 Å². The first-order valence-electron chi connectivity index (χ1n) is 8.83. The lowest BCUT2D eigenvalue weighted by Crippen LogP contribution is -3.18. The Morgan fingerprint density at radius 1 is 1.04 bits per heavy atom. The maximum atomic E-state index is 13.1. The van der Waals surface area contributed by atoms with Gasteiger partial charge in [0.15, 0.2) is 5.78 Å². The van der Waals surface area contributed by atoms with Gasteiger partial charge in [-0.15, -0.1) is 0 Å². The molecule has 0 aliphatic carbocycles. The van der Waals surface area contributed by atoms with E-state index in [-0.39, 0.29) is 12.0 Å². The summed E-state index contributed by atoms with van der Waals surface area (Å²) in [6.45, 7) is 0.969. The second-order valence-electron chi connectivity index (χ2n) is 7.03. The lowest BCUT2D eigenvalue weighted by atomic mass is 9.83. The highest BCUT2D eigenvalue weighted by Gasteiger charge is 2.50. The van der Waals surface area contributed by atoms with E-state index >= 15 is 0 Å². The molecule has 1 N–H and O–H groups in total. The molecule has 2 bridgehead atoms. The average Bonchev–Trinajstić information content (AvgIpc) is 2.93. The second kappa shape index (κ2) is 6.40. The molecular formula is C21H24NO2+. The molecule has 2 fully saturated rings. The zero-order chi connectivity index (χ0) is 16.5. The van der Waals surface area contributed by atoms with Gasteiger partial charge in [0.05, 0.1) is 19.1 Å². The van der Waals surface area contributed by atoms with Crippen LogP contribution in [0.2, 0.25) is 0 Å². The standard InChI is InChI=1S/C21H23NO2/c1-24-18-10-7-16(8-11-18)19-13-17-9-12-20(21(19)23)22(17)14-15-5-3-2-4-6-15/h2-8,10-11,17,19-20H,9,12-14H2,1H3/p+1/t17-,19-,20+/m1/s1. The number of nitrogens with one attached hydrogen (secondary N) is 1. The fraction of sp³-hybridized carbons (Fsp3) is 0.381. The molecule has 4 atom stereocenters. The Bertz CT molecular complexity index is 710. The third-order valence-electron chi connectivity index (χ3n) is 5.75. The molecule has 1 unspecified atom stereocenters. The minimum Gasteiger partial charge on any atom is -0.497 e. The fourth-order valence-corrected chi connectivity index (χ4v) is 4.50. The number of carbonyl (C=O) groups is 1. The largest absolute Gasteiger partial charge is 0.497 e. The third-order valence-corrected chi connectivity index (χ3v) is 5.75. The highest BCUT2D eigenvalue weighted by atomic mass is 16.5. The Balaban J connectivity index is 1.53. The Kier molecular flexibility index (Phi) is 4.11. The number of hydrogen-bond donors (Lipinski definition) is 1. The summed E-state index contributed by atoms with van der Waals surface area (Å²) in [5.74, 6) is 1.34. The summed E-state index contributed by atoms with van der Waals surface area (Å²) < 4.78 is 5.23. The zero-order valence-electron chi connectivity index (χ0n) is 14.1. The van der Waals surface area contributed by atoms with Crippen molar-refractivity contribution >= 4 is 5.78 Å². The first kappa shape index (κ1) is 15.4. The number of benzene rings is 2. The van der Waals surface area contributed by atoms with Gasteiger partial charge in [0.1, 0.15) is 18.3 Å². The zero-order valence-corrected chi connectivity index (χ0v) is 14.1. The number of methoxy groups -OCH3 is 1. The molecule has 124 valence electrons. The number of carbonyl (C=O) groups excluding carboxylic acids is 1. The topological polar surface area (TPSA) is 30.7 Å². The van der Waals surface area contributed by atoms with Crippen LogP contribution in [0.3, 0.4) is 0 Å². The van der Waals surface area contributed by atoms with Crippen molar-refractivity contribution in [3.8, 4) is 5.75 Å². The Labute approximate surface area is 143 Å². The molecule has 2 aliphatic rings. The highest BCUT2D eigenvalue weighted by Crippen LogP contribution is 2.33. The number of rotatable bonds is 4. The molecular weight excluding hydrogens is 298 g/mol. The van der Waals surface area contributed by atoms with Gasteiger partial charge in [-0.25, -0.2) is 0 Å². The molecule has 0 aromatic heterocycles. The number of quaternary nitrogens is 1. The van der Waals surface area contributed by atoms with Crippen molar-refractivity contribution in [2.45, 2.75) is 43.8 Å². The van der Waals surface area contributed by atoms with Crippen LogP contribution >= 0.6 is 0 Å². The van der Waals surface area contributed by atoms with E-state index in [2.05, 4.69) is 42.5 Å². The van der Waals surface area contributed by atoms with Crippen molar-refractivity contribution < 1.29 is 14.4 Å². The van der Waals surface area contributed by atoms with Crippen LogP contribution in [-0.4, -0.2) is 25.0 Å². The third kappa shape index (κ3) is 2.73. The summed E-state index contributed by atoms with van der Waals surface area (Å²) in [6.07, 6.45) is 3.19. The first-order valence-corrected chi connectivity index (χ1v) is 8.83. The molecule has 3 nitrogen and oxygen atoms in total. The van der Waals surface area contributed by atoms with E-state index in [0.29, 0.717) is 11.8 Å². The molecule has 2 aromatic carbocycles. The van der Waals surface area contributed by atoms with E-state index in [1.807, 2.05) is 12.1 Å². The monoisotopic (exact) mass is 322 g/mol. The van der Waals surface area contributed by atoms with E-state index in [1.165, 1.54) is 16.9 Å². The summed E-state index contributed by atoms with van der Waals surface area (Å²) >= 11 is 0. The summed E-state index contributed by atoms with van der Waals surface area (Å²) in [5, 5.41) is 0. The predicted molar refractivity (Wildman–Crippen MR) is 93.3 cm³/mol. The van der Waals surface area contributed by atoms with Crippen molar-refractivity contribution in [1.29, 1.82) is 0 Å². The van der Waals surface area contributed by atoms with Gasteiger partial charge in [-0.05, 0) is 17.7 Å². The number of Topliss-reactive ketones (excluding diaryl/α,β-unsaturated/α-hetero) is 1. The van der Waals surface area contributed by atoms with Crippen LogP contribution in [0.25, 0.3) is 0 Å². The molecule has 2 heterocycles. The average molecular weight is 322 g/mol. The Hall–Kier alpha value is -2.13. The molecule has 0 radical (unpaired) electrons. The SMILES string of the molecule is COc1ccc([C@H]2C[C@H]3CC[C@@H](C2=O)[NH+]3Cc2ccccc2)cc1. The summed E-state index contributed by atoms with van der Waals surface area (Å²) in [4.78, 5) is 14.6. The molecule has 24 heavy (non-hydrogen) atoms. The molecule has 3 heteroatoms. The first-order chi connectivity index (χ1) is 11.8. The van der Waals surface area contributed by atoms with Crippen LogP contribution in [0.15, 0.2) is 54.6 Å². The van der Waals surface area contributed by atoms with Crippen LogP contribution in [0.1, 0.15) is 36.3 Å². The van der Waals surface area contributed by atoms with Gasteiger partial charge in [0, 0.05) is 24.8 Å².